The van der Waals surface area contributed by atoms with Crippen LogP contribution in [-0.2, 0) is 0 Å². The number of benzene rings is 4. The number of aromatic nitrogens is 3. The van der Waals surface area contributed by atoms with Crippen molar-refractivity contribution in [1.29, 1.82) is 0 Å². The summed E-state index contributed by atoms with van der Waals surface area (Å²) in [6, 6.07) is 42.6. The normalized spacial score (nSPS) is 10.8. The molecule has 4 aromatic carbocycles. The molecule has 0 unspecified atom stereocenters. The van der Waals surface area contributed by atoms with Gasteiger partial charge in [0.15, 0.2) is 5.82 Å². The Hall–Kier alpha value is -4.60. The maximum absolute atomic E-state index is 6.62. The first kappa shape index (κ1) is 22.8. The molecule has 0 aliphatic carbocycles. The molecular weight excluding hydrogens is 474 g/mol. The number of hydrogen-bond acceptors (Lipinski definition) is 3. The van der Waals surface area contributed by atoms with Crippen LogP contribution in [0.15, 0.2) is 134 Å². The molecule has 0 saturated carbocycles. The molecule has 0 spiro atoms. The molecule has 0 bridgehead atoms. The van der Waals surface area contributed by atoms with E-state index in [1.807, 2.05) is 72.8 Å². The molecule has 6 rings (SSSR count). The maximum atomic E-state index is 6.62. The van der Waals surface area contributed by atoms with E-state index in [-0.39, 0.29) is 0 Å². The number of halogens is 1. The summed E-state index contributed by atoms with van der Waals surface area (Å²) in [6.07, 6.45) is 1.81. The second kappa shape index (κ2) is 10.2. The zero-order valence-electron chi connectivity index (χ0n) is 19.9. The summed E-state index contributed by atoms with van der Waals surface area (Å²) in [5.74, 6) is 0.633. The quantitative estimate of drug-likeness (QED) is 0.240. The second-order valence-electron chi connectivity index (χ2n) is 8.71. The average molecular weight is 496 g/mol. The summed E-state index contributed by atoms with van der Waals surface area (Å²) >= 11 is 6.62. The molecular formula is C33H22ClN3. The maximum Gasteiger partial charge on any atom is 0.160 e. The van der Waals surface area contributed by atoms with Crippen LogP contribution in [0.25, 0.3) is 56.3 Å². The van der Waals surface area contributed by atoms with Gasteiger partial charge in [0.1, 0.15) is 0 Å². The van der Waals surface area contributed by atoms with E-state index in [4.69, 9.17) is 21.6 Å². The van der Waals surface area contributed by atoms with Crippen LogP contribution < -0.4 is 0 Å². The first-order chi connectivity index (χ1) is 18.2. The molecule has 2 aromatic heterocycles. The molecule has 0 aliphatic heterocycles. The van der Waals surface area contributed by atoms with Crippen LogP contribution in [-0.4, -0.2) is 15.0 Å². The molecule has 0 atom stereocenters. The Morgan fingerprint density at radius 3 is 1.54 bits per heavy atom. The fourth-order valence-electron chi connectivity index (χ4n) is 4.34. The Balaban J connectivity index is 1.44. The Kier molecular flexibility index (Phi) is 6.28. The summed E-state index contributed by atoms with van der Waals surface area (Å²) in [5.41, 5.74) is 8.75. The largest absolute Gasteiger partial charge is 0.256 e. The molecule has 4 heteroatoms. The van der Waals surface area contributed by atoms with Gasteiger partial charge in [0, 0.05) is 33.5 Å². The SMILES string of the molecule is Clc1cc(-c2ccc(-c3ccccn3)cc2)cc(-c2nc(-c3ccccc3)cc(-c3ccccc3)n2)c1. The monoisotopic (exact) mass is 495 g/mol. The van der Waals surface area contributed by atoms with Crippen LogP contribution in [0, 0.1) is 0 Å². The highest BCUT2D eigenvalue weighted by Crippen LogP contribution is 2.32. The van der Waals surface area contributed by atoms with Gasteiger partial charge in [0.25, 0.3) is 0 Å². The van der Waals surface area contributed by atoms with Gasteiger partial charge in [0.2, 0.25) is 0 Å². The van der Waals surface area contributed by atoms with Crippen LogP contribution in [0.5, 0.6) is 0 Å². The highest BCUT2D eigenvalue weighted by Gasteiger charge is 2.13. The van der Waals surface area contributed by atoms with Crippen molar-refractivity contribution in [2.75, 3.05) is 0 Å². The minimum Gasteiger partial charge on any atom is -0.256 e. The van der Waals surface area contributed by atoms with E-state index in [2.05, 4.69) is 59.6 Å². The highest BCUT2D eigenvalue weighted by molar-refractivity contribution is 6.31. The number of nitrogens with zero attached hydrogens (tertiary/aromatic N) is 3. The van der Waals surface area contributed by atoms with Gasteiger partial charge in [-0.05, 0) is 47.5 Å². The molecule has 2 heterocycles. The summed E-state index contributed by atoms with van der Waals surface area (Å²) in [4.78, 5) is 14.4. The summed E-state index contributed by atoms with van der Waals surface area (Å²) in [6.45, 7) is 0. The number of rotatable bonds is 5. The van der Waals surface area contributed by atoms with Gasteiger partial charge in [-0.15, -0.1) is 0 Å². The third kappa shape index (κ3) is 5.04. The van der Waals surface area contributed by atoms with Crippen LogP contribution in [0.4, 0.5) is 0 Å². The van der Waals surface area contributed by atoms with Gasteiger partial charge in [-0.25, -0.2) is 9.97 Å². The molecule has 3 nitrogen and oxygen atoms in total. The average Bonchev–Trinajstić information content (AvgIpc) is 2.98. The van der Waals surface area contributed by atoms with Crippen LogP contribution in [0.1, 0.15) is 0 Å². The molecule has 0 saturated heterocycles. The van der Waals surface area contributed by atoms with E-state index in [1.54, 1.807) is 6.20 Å². The number of pyridine rings is 1. The minimum atomic E-state index is 0.633. The third-order valence-electron chi connectivity index (χ3n) is 6.20. The fourth-order valence-corrected chi connectivity index (χ4v) is 4.58. The molecule has 0 aliphatic rings. The van der Waals surface area contributed by atoms with Crippen molar-refractivity contribution in [3.8, 4) is 56.3 Å². The molecule has 37 heavy (non-hydrogen) atoms. The summed E-state index contributed by atoms with van der Waals surface area (Å²) < 4.78 is 0. The molecule has 0 amide bonds. The Labute approximate surface area is 221 Å². The van der Waals surface area contributed by atoms with Crippen LogP contribution in [0.3, 0.4) is 0 Å². The van der Waals surface area contributed by atoms with E-state index < -0.39 is 0 Å². The Morgan fingerprint density at radius 1 is 0.405 bits per heavy atom. The van der Waals surface area contributed by atoms with Crippen molar-refractivity contribution in [3.05, 3.63) is 139 Å². The highest BCUT2D eigenvalue weighted by atomic mass is 35.5. The predicted molar refractivity (Wildman–Crippen MR) is 152 cm³/mol. The first-order valence-corrected chi connectivity index (χ1v) is 12.4. The van der Waals surface area contributed by atoms with Crippen molar-refractivity contribution < 1.29 is 0 Å². The van der Waals surface area contributed by atoms with Crippen molar-refractivity contribution in [1.82, 2.24) is 15.0 Å². The topological polar surface area (TPSA) is 38.7 Å². The van der Waals surface area contributed by atoms with E-state index in [0.717, 1.165) is 50.5 Å². The van der Waals surface area contributed by atoms with Gasteiger partial charge < -0.3 is 0 Å². The molecule has 0 N–H and O–H groups in total. The van der Waals surface area contributed by atoms with Crippen LogP contribution >= 0.6 is 11.6 Å². The lowest BCUT2D eigenvalue weighted by atomic mass is 10.00. The lowest BCUT2D eigenvalue weighted by Gasteiger charge is -2.11. The second-order valence-corrected chi connectivity index (χ2v) is 9.15. The van der Waals surface area contributed by atoms with Gasteiger partial charge in [-0.3, -0.25) is 4.98 Å². The van der Waals surface area contributed by atoms with Crippen molar-refractivity contribution in [2.24, 2.45) is 0 Å². The van der Waals surface area contributed by atoms with E-state index in [9.17, 15) is 0 Å². The Morgan fingerprint density at radius 2 is 0.946 bits per heavy atom. The van der Waals surface area contributed by atoms with Crippen molar-refractivity contribution in [3.63, 3.8) is 0 Å². The molecule has 176 valence electrons. The molecule has 0 fully saturated rings. The third-order valence-corrected chi connectivity index (χ3v) is 6.42. The van der Waals surface area contributed by atoms with Gasteiger partial charge >= 0.3 is 0 Å². The van der Waals surface area contributed by atoms with Gasteiger partial charge in [-0.1, -0.05) is 103 Å². The zero-order valence-corrected chi connectivity index (χ0v) is 20.7. The van der Waals surface area contributed by atoms with E-state index in [1.165, 1.54) is 0 Å². The predicted octanol–water partition coefficient (Wildman–Crippen LogP) is 8.86. The lowest BCUT2D eigenvalue weighted by molar-refractivity contribution is 1.18. The Bertz CT molecular complexity index is 1590. The van der Waals surface area contributed by atoms with Crippen LogP contribution in [0.2, 0.25) is 5.02 Å². The molecule has 6 aromatic rings. The smallest absolute Gasteiger partial charge is 0.160 e. The number of hydrogen-bond donors (Lipinski definition) is 0. The van der Waals surface area contributed by atoms with E-state index in [0.29, 0.717) is 10.8 Å². The summed E-state index contributed by atoms with van der Waals surface area (Å²) in [5, 5.41) is 0.635. The van der Waals surface area contributed by atoms with E-state index >= 15 is 0 Å². The standard InChI is InChI=1S/C33H22ClN3/c34-29-20-27(23-14-16-26(17-15-23)30-13-7-8-18-35-30)19-28(21-29)33-36-31(24-9-3-1-4-10-24)22-32(37-33)25-11-5-2-6-12-25/h1-22H. The van der Waals surface area contributed by atoms with Crippen molar-refractivity contribution in [2.45, 2.75) is 0 Å². The minimum absolute atomic E-state index is 0.633. The zero-order chi connectivity index (χ0) is 25.0. The fraction of sp³-hybridized carbons (Fsp3) is 0. The van der Waals surface area contributed by atoms with Crippen molar-refractivity contribution >= 4 is 11.6 Å². The van der Waals surface area contributed by atoms with Gasteiger partial charge in [0.05, 0.1) is 17.1 Å². The summed E-state index contributed by atoms with van der Waals surface area (Å²) in [7, 11) is 0. The molecule has 0 radical (unpaired) electrons. The first-order valence-electron chi connectivity index (χ1n) is 12.1. The van der Waals surface area contributed by atoms with Gasteiger partial charge in [-0.2, -0.15) is 0 Å². The lowest BCUT2D eigenvalue weighted by Crippen LogP contribution is -1.96.